The standard InChI is InChI=1S/C12H25N3S/c1-11-12(3-10-16-11)13-4-5-15-8-6-14(2)7-9-15/h11-13H,3-10H2,1-2H3. The van der Waals surface area contributed by atoms with Gasteiger partial charge in [-0.05, 0) is 19.2 Å². The Balaban J connectivity index is 1.57. The Morgan fingerprint density at radius 2 is 2.00 bits per heavy atom. The molecule has 2 fully saturated rings. The molecule has 1 N–H and O–H groups in total. The van der Waals surface area contributed by atoms with Crippen LogP contribution in [-0.4, -0.2) is 73.2 Å². The molecule has 0 aromatic carbocycles. The number of nitrogens with one attached hydrogen (secondary N) is 1. The molecule has 16 heavy (non-hydrogen) atoms. The SMILES string of the molecule is CC1SCCC1NCCN1CCN(C)CC1. The summed E-state index contributed by atoms with van der Waals surface area (Å²) >= 11 is 2.11. The number of thioether (sulfide) groups is 1. The molecule has 0 aliphatic carbocycles. The molecule has 2 heterocycles. The van der Waals surface area contributed by atoms with Gasteiger partial charge in [0.25, 0.3) is 0 Å². The Bertz CT molecular complexity index is 204. The van der Waals surface area contributed by atoms with Crippen molar-refractivity contribution >= 4 is 11.8 Å². The molecular formula is C12H25N3S. The van der Waals surface area contributed by atoms with E-state index in [1.54, 1.807) is 0 Å². The van der Waals surface area contributed by atoms with Crippen LogP contribution in [0.1, 0.15) is 13.3 Å². The summed E-state index contributed by atoms with van der Waals surface area (Å²) in [5.74, 6) is 1.34. The molecule has 2 saturated heterocycles. The minimum Gasteiger partial charge on any atom is -0.312 e. The van der Waals surface area contributed by atoms with Crippen LogP contribution in [0.25, 0.3) is 0 Å². The molecule has 2 rings (SSSR count). The molecule has 0 bridgehead atoms. The largest absolute Gasteiger partial charge is 0.312 e. The van der Waals surface area contributed by atoms with Crippen LogP contribution in [0.5, 0.6) is 0 Å². The van der Waals surface area contributed by atoms with Gasteiger partial charge >= 0.3 is 0 Å². The normalized spacial score (nSPS) is 33.4. The molecule has 94 valence electrons. The summed E-state index contributed by atoms with van der Waals surface area (Å²) in [5.41, 5.74) is 0. The third kappa shape index (κ3) is 3.62. The minimum absolute atomic E-state index is 0.762. The summed E-state index contributed by atoms with van der Waals surface area (Å²) in [4.78, 5) is 5.00. The van der Waals surface area contributed by atoms with Crippen molar-refractivity contribution < 1.29 is 0 Å². The Morgan fingerprint density at radius 1 is 1.25 bits per heavy atom. The number of rotatable bonds is 4. The Hall–Kier alpha value is 0.230. The lowest BCUT2D eigenvalue weighted by Crippen LogP contribution is -2.47. The lowest BCUT2D eigenvalue weighted by molar-refractivity contribution is 0.153. The van der Waals surface area contributed by atoms with Crippen LogP contribution in [0.4, 0.5) is 0 Å². The van der Waals surface area contributed by atoms with Gasteiger partial charge in [0.15, 0.2) is 0 Å². The highest BCUT2D eigenvalue weighted by Gasteiger charge is 2.23. The summed E-state index contributed by atoms with van der Waals surface area (Å²) in [5, 5.41) is 4.53. The van der Waals surface area contributed by atoms with Gasteiger partial charge in [0, 0.05) is 50.6 Å². The topological polar surface area (TPSA) is 18.5 Å². The molecule has 0 aromatic heterocycles. The maximum absolute atomic E-state index is 3.71. The lowest BCUT2D eigenvalue weighted by Gasteiger charge is -2.32. The van der Waals surface area contributed by atoms with Crippen LogP contribution in [0.15, 0.2) is 0 Å². The summed E-state index contributed by atoms with van der Waals surface area (Å²) < 4.78 is 0. The second-order valence-corrected chi connectivity index (χ2v) is 6.56. The Morgan fingerprint density at radius 3 is 2.62 bits per heavy atom. The zero-order valence-electron chi connectivity index (χ0n) is 10.6. The quantitative estimate of drug-likeness (QED) is 0.784. The predicted octanol–water partition coefficient (Wildman–Crippen LogP) is 0.717. The third-order valence-electron chi connectivity index (χ3n) is 3.81. The van der Waals surface area contributed by atoms with E-state index < -0.39 is 0 Å². The highest BCUT2D eigenvalue weighted by molar-refractivity contribution is 8.00. The first-order valence-electron chi connectivity index (χ1n) is 6.51. The molecule has 0 radical (unpaired) electrons. The summed E-state index contributed by atoms with van der Waals surface area (Å²) in [6.07, 6.45) is 1.36. The van der Waals surface area contributed by atoms with Gasteiger partial charge in [-0.15, -0.1) is 0 Å². The number of hydrogen-bond acceptors (Lipinski definition) is 4. The maximum atomic E-state index is 3.71. The van der Waals surface area contributed by atoms with Crippen LogP contribution >= 0.6 is 11.8 Å². The van der Waals surface area contributed by atoms with E-state index >= 15 is 0 Å². The fourth-order valence-electron chi connectivity index (χ4n) is 2.48. The molecule has 0 spiro atoms. The van der Waals surface area contributed by atoms with Gasteiger partial charge in [-0.2, -0.15) is 11.8 Å². The van der Waals surface area contributed by atoms with Crippen LogP contribution < -0.4 is 5.32 Å². The van der Waals surface area contributed by atoms with Crippen molar-refractivity contribution in [2.45, 2.75) is 24.6 Å². The molecule has 2 aliphatic rings. The molecule has 2 atom stereocenters. The Labute approximate surface area is 104 Å². The molecule has 2 unspecified atom stereocenters. The van der Waals surface area contributed by atoms with Gasteiger partial charge in [-0.25, -0.2) is 0 Å². The van der Waals surface area contributed by atoms with E-state index in [-0.39, 0.29) is 0 Å². The zero-order valence-corrected chi connectivity index (χ0v) is 11.4. The molecule has 0 amide bonds. The number of piperazine rings is 1. The van der Waals surface area contributed by atoms with Crippen molar-refractivity contribution in [3.05, 3.63) is 0 Å². The van der Waals surface area contributed by atoms with E-state index in [9.17, 15) is 0 Å². The average molecular weight is 243 g/mol. The maximum Gasteiger partial charge on any atom is 0.0192 e. The first-order valence-corrected chi connectivity index (χ1v) is 7.56. The summed E-state index contributed by atoms with van der Waals surface area (Å²) in [7, 11) is 2.22. The number of nitrogens with zero attached hydrogens (tertiary/aromatic N) is 2. The predicted molar refractivity (Wildman–Crippen MR) is 72.3 cm³/mol. The fraction of sp³-hybridized carbons (Fsp3) is 1.00. The lowest BCUT2D eigenvalue weighted by atomic mass is 10.2. The molecule has 4 heteroatoms. The summed E-state index contributed by atoms with van der Waals surface area (Å²) in [6.45, 7) is 9.69. The van der Waals surface area contributed by atoms with Gasteiger partial charge in [0.05, 0.1) is 0 Å². The average Bonchev–Trinajstić information content (AvgIpc) is 2.68. The zero-order chi connectivity index (χ0) is 11.4. The molecule has 0 aromatic rings. The van der Waals surface area contributed by atoms with Crippen molar-refractivity contribution in [3.63, 3.8) is 0 Å². The van der Waals surface area contributed by atoms with Gasteiger partial charge < -0.3 is 10.2 Å². The highest BCUT2D eigenvalue weighted by Crippen LogP contribution is 2.25. The van der Waals surface area contributed by atoms with E-state index in [0.717, 1.165) is 11.3 Å². The molecular weight excluding hydrogens is 218 g/mol. The van der Waals surface area contributed by atoms with E-state index in [2.05, 4.69) is 40.8 Å². The van der Waals surface area contributed by atoms with Gasteiger partial charge in [0.2, 0.25) is 0 Å². The second-order valence-electron chi connectivity index (χ2n) is 5.07. The first kappa shape index (κ1) is 12.7. The molecule has 3 nitrogen and oxygen atoms in total. The van der Waals surface area contributed by atoms with Gasteiger partial charge in [0.1, 0.15) is 0 Å². The Kier molecular flexibility index (Phi) is 4.95. The smallest absolute Gasteiger partial charge is 0.0192 e. The third-order valence-corrected chi connectivity index (χ3v) is 5.13. The second kappa shape index (κ2) is 6.24. The van der Waals surface area contributed by atoms with E-state index in [1.807, 2.05) is 0 Å². The van der Waals surface area contributed by atoms with Crippen LogP contribution in [0.2, 0.25) is 0 Å². The van der Waals surface area contributed by atoms with E-state index in [1.165, 1.54) is 51.4 Å². The van der Waals surface area contributed by atoms with Crippen molar-refractivity contribution in [1.29, 1.82) is 0 Å². The first-order chi connectivity index (χ1) is 7.75. The van der Waals surface area contributed by atoms with Crippen LogP contribution in [-0.2, 0) is 0 Å². The molecule has 2 aliphatic heterocycles. The van der Waals surface area contributed by atoms with Crippen LogP contribution in [0.3, 0.4) is 0 Å². The highest BCUT2D eigenvalue weighted by atomic mass is 32.2. The molecule has 0 saturated carbocycles. The summed E-state index contributed by atoms with van der Waals surface area (Å²) in [6, 6.07) is 0.762. The minimum atomic E-state index is 0.762. The van der Waals surface area contributed by atoms with Crippen molar-refractivity contribution in [3.8, 4) is 0 Å². The fourth-order valence-corrected chi connectivity index (χ4v) is 3.71. The number of hydrogen-bond donors (Lipinski definition) is 1. The van der Waals surface area contributed by atoms with Crippen molar-refractivity contribution in [2.24, 2.45) is 0 Å². The van der Waals surface area contributed by atoms with E-state index in [0.29, 0.717) is 0 Å². The number of likely N-dealkylation sites (N-methyl/N-ethyl adjacent to an activating group) is 1. The van der Waals surface area contributed by atoms with Crippen molar-refractivity contribution in [2.75, 3.05) is 52.1 Å². The van der Waals surface area contributed by atoms with Gasteiger partial charge in [-0.1, -0.05) is 6.92 Å². The van der Waals surface area contributed by atoms with Crippen molar-refractivity contribution in [1.82, 2.24) is 15.1 Å². The van der Waals surface area contributed by atoms with E-state index in [4.69, 9.17) is 0 Å². The monoisotopic (exact) mass is 243 g/mol. The van der Waals surface area contributed by atoms with Gasteiger partial charge in [-0.3, -0.25) is 4.90 Å². The van der Waals surface area contributed by atoms with Crippen LogP contribution in [0, 0.1) is 0 Å².